The molecule has 1 aliphatic heterocycles. The molecule has 1 aliphatic rings. The zero-order chi connectivity index (χ0) is 22.5. The molecule has 0 bridgehead atoms. The van der Waals surface area contributed by atoms with E-state index in [-0.39, 0.29) is 11.6 Å². The number of oxazole rings is 1. The van der Waals surface area contributed by atoms with Gasteiger partial charge in [0.2, 0.25) is 5.91 Å². The van der Waals surface area contributed by atoms with Gasteiger partial charge in [0.25, 0.3) is 5.91 Å². The molecule has 0 saturated carbocycles. The number of nitrogen functional groups attached to an aromatic ring is 1. The van der Waals surface area contributed by atoms with Crippen LogP contribution in [0.1, 0.15) is 60.4 Å². The summed E-state index contributed by atoms with van der Waals surface area (Å²) in [5.41, 5.74) is 6.98. The Morgan fingerprint density at radius 3 is 2.74 bits per heavy atom. The highest BCUT2D eigenvalue weighted by molar-refractivity contribution is 6.30. The molecule has 2 aromatic heterocycles. The van der Waals surface area contributed by atoms with Gasteiger partial charge in [-0.05, 0) is 51.9 Å². The molecule has 9 nitrogen and oxygen atoms in total. The Morgan fingerprint density at radius 1 is 1.29 bits per heavy atom. The average molecular weight is 449 g/mol. The van der Waals surface area contributed by atoms with E-state index in [4.69, 9.17) is 21.8 Å². The number of carbonyl (C=O) groups excluding carboxylic acids is 2. The lowest BCUT2D eigenvalue weighted by molar-refractivity contribution is -0.132. The van der Waals surface area contributed by atoms with Crippen molar-refractivity contribution in [3.63, 3.8) is 0 Å². The standard InChI is InChI=1S/C21H29ClN6O3/c1-12(24-20(29)17-11-31-14(3)27-17)21(30)28-9-4-5-15(8-10-28)6-7-16-18(22)25-13(2)26-19(16)23/h11-12,15H,4-10H2,1-3H3,(H,24,29)(H2,23,25,26)/t12-,15?/m0/s1. The average Bonchev–Trinajstić information content (AvgIpc) is 3.01. The number of likely N-dealkylation sites (tertiary alicyclic amines) is 1. The molecular formula is C21H29ClN6O3. The minimum absolute atomic E-state index is 0.0894. The Morgan fingerprint density at radius 2 is 2.06 bits per heavy atom. The van der Waals surface area contributed by atoms with Crippen LogP contribution < -0.4 is 11.1 Å². The molecular weight excluding hydrogens is 420 g/mol. The number of anilines is 1. The van der Waals surface area contributed by atoms with Gasteiger partial charge in [-0.2, -0.15) is 0 Å². The molecule has 0 radical (unpaired) electrons. The number of nitrogens with zero attached hydrogens (tertiary/aromatic N) is 4. The highest BCUT2D eigenvalue weighted by Gasteiger charge is 2.26. The first kappa shape index (κ1) is 23.0. The van der Waals surface area contributed by atoms with Gasteiger partial charge in [0.15, 0.2) is 11.6 Å². The molecule has 168 valence electrons. The topological polar surface area (TPSA) is 127 Å². The smallest absolute Gasteiger partial charge is 0.273 e. The normalized spacial score (nSPS) is 17.8. The third-order valence-corrected chi connectivity index (χ3v) is 5.94. The Bertz CT molecular complexity index is 924. The van der Waals surface area contributed by atoms with Crippen LogP contribution in [0.5, 0.6) is 0 Å². The van der Waals surface area contributed by atoms with Crippen molar-refractivity contribution in [2.24, 2.45) is 5.92 Å². The van der Waals surface area contributed by atoms with Crippen molar-refractivity contribution in [1.82, 2.24) is 25.2 Å². The molecule has 1 fully saturated rings. The number of amides is 2. The molecule has 3 N–H and O–H groups in total. The van der Waals surface area contributed by atoms with Crippen molar-refractivity contribution in [2.75, 3.05) is 18.8 Å². The number of rotatable bonds is 6. The third kappa shape index (κ3) is 5.94. The maximum Gasteiger partial charge on any atom is 0.273 e. The molecule has 2 aromatic rings. The van der Waals surface area contributed by atoms with Crippen molar-refractivity contribution in [3.8, 4) is 0 Å². The van der Waals surface area contributed by atoms with E-state index in [1.54, 1.807) is 20.8 Å². The van der Waals surface area contributed by atoms with Crippen molar-refractivity contribution < 1.29 is 14.0 Å². The summed E-state index contributed by atoms with van der Waals surface area (Å²) in [7, 11) is 0. The zero-order valence-corrected chi connectivity index (χ0v) is 18.9. The number of hydrogen-bond acceptors (Lipinski definition) is 7. The summed E-state index contributed by atoms with van der Waals surface area (Å²) in [6.45, 7) is 6.44. The van der Waals surface area contributed by atoms with Crippen LogP contribution in [0.25, 0.3) is 0 Å². The van der Waals surface area contributed by atoms with Crippen LogP contribution in [0, 0.1) is 19.8 Å². The van der Waals surface area contributed by atoms with Gasteiger partial charge < -0.3 is 20.4 Å². The van der Waals surface area contributed by atoms with E-state index < -0.39 is 11.9 Å². The second-order valence-corrected chi connectivity index (χ2v) is 8.39. The molecule has 0 aromatic carbocycles. The molecule has 2 amide bonds. The first-order chi connectivity index (χ1) is 14.7. The van der Waals surface area contributed by atoms with Crippen LogP contribution in [-0.2, 0) is 11.2 Å². The summed E-state index contributed by atoms with van der Waals surface area (Å²) < 4.78 is 5.06. The summed E-state index contributed by atoms with van der Waals surface area (Å²) in [6, 6.07) is -0.635. The second-order valence-electron chi connectivity index (χ2n) is 8.03. The first-order valence-corrected chi connectivity index (χ1v) is 10.9. The van der Waals surface area contributed by atoms with Crippen LogP contribution in [0.15, 0.2) is 10.7 Å². The van der Waals surface area contributed by atoms with Gasteiger partial charge in [-0.25, -0.2) is 15.0 Å². The predicted octanol–water partition coefficient (Wildman–Crippen LogP) is 2.70. The first-order valence-electron chi connectivity index (χ1n) is 10.5. The quantitative estimate of drug-likeness (QED) is 0.650. The summed E-state index contributed by atoms with van der Waals surface area (Å²) in [5.74, 6) is 1.36. The van der Waals surface area contributed by atoms with Crippen LogP contribution >= 0.6 is 11.6 Å². The lowest BCUT2D eigenvalue weighted by Gasteiger charge is -2.24. The highest BCUT2D eigenvalue weighted by atomic mass is 35.5. The molecule has 1 unspecified atom stereocenters. The van der Waals surface area contributed by atoms with Crippen molar-refractivity contribution in [3.05, 3.63) is 34.4 Å². The van der Waals surface area contributed by atoms with Gasteiger partial charge in [0, 0.05) is 25.6 Å². The molecule has 31 heavy (non-hydrogen) atoms. The number of aryl methyl sites for hydroxylation is 2. The number of halogens is 1. The Balaban J connectivity index is 1.51. The molecule has 2 atom stereocenters. The van der Waals surface area contributed by atoms with Gasteiger partial charge in [-0.1, -0.05) is 11.6 Å². The van der Waals surface area contributed by atoms with E-state index in [0.717, 1.165) is 31.2 Å². The molecule has 0 aliphatic carbocycles. The number of hydrogen-bond donors (Lipinski definition) is 2. The molecule has 0 spiro atoms. The van der Waals surface area contributed by atoms with Crippen LogP contribution in [0.3, 0.4) is 0 Å². The maximum atomic E-state index is 12.8. The predicted molar refractivity (Wildman–Crippen MR) is 117 cm³/mol. The lowest BCUT2D eigenvalue weighted by atomic mass is 9.93. The van der Waals surface area contributed by atoms with Crippen LogP contribution in [0.2, 0.25) is 5.15 Å². The van der Waals surface area contributed by atoms with Crippen molar-refractivity contribution in [1.29, 1.82) is 0 Å². The zero-order valence-electron chi connectivity index (χ0n) is 18.2. The van der Waals surface area contributed by atoms with E-state index in [1.807, 2.05) is 4.90 Å². The van der Waals surface area contributed by atoms with E-state index in [2.05, 4.69) is 20.3 Å². The largest absolute Gasteiger partial charge is 0.448 e. The van der Waals surface area contributed by atoms with E-state index in [0.29, 0.717) is 48.1 Å². The molecule has 3 rings (SSSR count). The fourth-order valence-corrected chi connectivity index (χ4v) is 4.22. The monoisotopic (exact) mass is 448 g/mol. The minimum atomic E-state index is -0.635. The third-order valence-electron chi connectivity index (χ3n) is 5.63. The fourth-order valence-electron chi connectivity index (χ4n) is 3.91. The molecule has 3 heterocycles. The summed E-state index contributed by atoms with van der Waals surface area (Å²) in [6.07, 6.45) is 5.74. The number of nitrogens with two attached hydrogens (primary N) is 1. The van der Waals surface area contributed by atoms with Gasteiger partial charge in [-0.3, -0.25) is 9.59 Å². The van der Waals surface area contributed by atoms with E-state index >= 15 is 0 Å². The summed E-state index contributed by atoms with van der Waals surface area (Å²) in [5, 5.41) is 3.13. The van der Waals surface area contributed by atoms with E-state index in [1.165, 1.54) is 6.26 Å². The second kappa shape index (κ2) is 10.1. The molecule has 10 heteroatoms. The number of nitrogens with one attached hydrogen (secondary N) is 1. The van der Waals surface area contributed by atoms with Crippen molar-refractivity contribution >= 4 is 29.2 Å². The fraction of sp³-hybridized carbons (Fsp3) is 0.571. The number of aromatic nitrogens is 3. The van der Waals surface area contributed by atoms with Gasteiger partial charge in [0.05, 0.1) is 0 Å². The van der Waals surface area contributed by atoms with Gasteiger partial charge in [-0.15, -0.1) is 0 Å². The van der Waals surface area contributed by atoms with E-state index in [9.17, 15) is 9.59 Å². The maximum absolute atomic E-state index is 12.8. The number of carbonyl (C=O) groups is 2. The van der Waals surface area contributed by atoms with Crippen LogP contribution in [0.4, 0.5) is 5.82 Å². The summed E-state index contributed by atoms with van der Waals surface area (Å²) >= 11 is 6.24. The highest BCUT2D eigenvalue weighted by Crippen LogP contribution is 2.27. The van der Waals surface area contributed by atoms with Crippen molar-refractivity contribution in [2.45, 2.75) is 58.9 Å². The van der Waals surface area contributed by atoms with Gasteiger partial charge in [0.1, 0.15) is 29.1 Å². The van der Waals surface area contributed by atoms with Gasteiger partial charge >= 0.3 is 0 Å². The Kier molecular flexibility index (Phi) is 7.48. The SMILES string of the molecule is Cc1nc(N)c(CCC2CCCN(C(=O)[C@H](C)NC(=O)c3coc(C)n3)CC2)c(Cl)n1. The molecule has 1 saturated heterocycles. The lowest BCUT2D eigenvalue weighted by Crippen LogP contribution is -2.47. The Hall–Kier alpha value is -2.68. The Labute approximate surface area is 186 Å². The minimum Gasteiger partial charge on any atom is -0.448 e. The summed E-state index contributed by atoms with van der Waals surface area (Å²) in [4.78, 5) is 39.3. The van der Waals surface area contributed by atoms with Crippen LogP contribution in [-0.4, -0.2) is 50.8 Å².